The van der Waals surface area contributed by atoms with E-state index in [9.17, 15) is 0 Å². The van der Waals surface area contributed by atoms with Gasteiger partial charge >= 0.3 is 0 Å². The quantitative estimate of drug-likeness (QED) is 0.785. The minimum atomic E-state index is 0.714. The normalized spacial score (nSPS) is 23.9. The van der Waals surface area contributed by atoms with Gasteiger partial charge in [-0.15, -0.1) is 0 Å². The molecule has 1 fully saturated rings. The van der Waals surface area contributed by atoms with Crippen molar-refractivity contribution in [2.75, 3.05) is 17.6 Å². The van der Waals surface area contributed by atoms with Crippen molar-refractivity contribution in [1.29, 1.82) is 0 Å². The van der Waals surface area contributed by atoms with Crippen LogP contribution < -0.4 is 11.1 Å². The molecule has 0 bridgehead atoms. The van der Waals surface area contributed by atoms with E-state index in [0.717, 1.165) is 24.1 Å². The molecule has 1 aliphatic rings. The number of nitrogens with two attached hydrogens (primary N) is 1. The molecule has 0 aromatic heterocycles. The third-order valence-electron chi connectivity index (χ3n) is 3.91. The van der Waals surface area contributed by atoms with Crippen molar-refractivity contribution >= 4 is 23.0 Å². The maximum absolute atomic E-state index is 6.13. The summed E-state index contributed by atoms with van der Waals surface area (Å²) in [5.41, 5.74) is 7.39. The van der Waals surface area contributed by atoms with E-state index in [4.69, 9.17) is 17.3 Å². The van der Waals surface area contributed by atoms with Crippen LogP contribution in [-0.2, 0) is 0 Å². The highest BCUT2D eigenvalue weighted by atomic mass is 35.5. The fourth-order valence-electron chi connectivity index (χ4n) is 2.91. The van der Waals surface area contributed by atoms with E-state index in [-0.39, 0.29) is 0 Å². The smallest absolute Gasteiger partial charge is 0.0657 e. The van der Waals surface area contributed by atoms with E-state index >= 15 is 0 Å². The van der Waals surface area contributed by atoms with E-state index in [1.165, 1.54) is 32.1 Å². The molecule has 0 radical (unpaired) electrons. The number of rotatable bonds is 4. The number of nitrogens with one attached hydrogen (secondary N) is 1. The van der Waals surface area contributed by atoms with Gasteiger partial charge in [0.25, 0.3) is 0 Å². The molecule has 2 atom stereocenters. The van der Waals surface area contributed by atoms with E-state index in [2.05, 4.69) is 12.2 Å². The number of benzene rings is 1. The lowest BCUT2D eigenvalue weighted by molar-refractivity contribution is 0.274. The molecule has 18 heavy (non-hydrogen) atoms. The van der Waals surface area contributed by atoms with Gasteiger partial charge in [0, 0.05) is 12.2 Å². The largest absolute Gasteiger partial charge is 0.399 e. The lowest BCUT2D eigenvalue weighted by Gasteiger charge is -2.26. The molecule has 1 aromatic rings. The van der Waals surface area contributed by atoms with Gasteiger partial charge in [-0.3, -0.25) is 0 Å². The van der Waals surface area contributed by atoms with Gasteiger partial charge in [-0.25, -0.2) is 0 Å². The molecule has 2 rings (SSSR count). The van der Waals surface area contributed by atoms with Gasteiger partial charge in [0.15, 0.2) is 0 Å². The summed E-state index contributed by atoms with van der Waals surface area (Å²) in [4.78, 5) is 0. The maximum atomic E-state index is 6.13. The van der Waals surface area contributed by atoms with Crippen molar-refractivity contribution in [2.24, 2.45) is 11.8 Å². The topological polar surface area (TPSA) is 38.0 Å². The summed E-state index contributed by atoms with van der Waals surface area (Å²) in [7, 11) is 0. The van der Waals surface area contributed by atoms with E-state index in [1.54, 1.807) is 6.07 Å². The Labute approximate surface area is 115 Å². The summed E-state index contributed by atoms with van der Waals surface area (Å²) < 4.78 is 0. The zero-order chi connectivity index (χ0) is 13.0. The van der Waals surface area contributed by atoms with Crippen LogP contribution in [-0.4, -0.2) is 6.54 Å². The van der Waals surface area contributed by atoms with Crippen molar-refractivity contribution in [3.05, 3.63) is 23.2 Å². The predicted octanol–water partition coefficient (Wildman–Crippen LogP) is 4.55. The van der Waals surface area contributed by atoms with Gasteiger partial charge in [0.1, 0.15) is 0 Å². The van der Waals surface area contributed by atoms with Gasteiger partial charge in [-0.05, 0) is 42.9 Å². The lowest BCUT2D eigenvalue weighted by atomic mass is 9.81. The van der Waals surface area contributed by atoms with E-state index in [0.29, 0.717) is 10.7 Å². The van der Waals surface area contributed by atoms with Crippen molar-refractivity contribution in [3.8, 4) is 0 Å². The molecule has 100 valence electrons. The second kappa shape index (κ2) is 6.33. The van der Waals surface area contributed by atoms with Gasteiger partial charge in [-0.2, -0.15) is 0 Å². The summed E-state index contributed by atoms with van der Waals surface area (Å²) >= 11 is 6.13. The predicted molar refractivity (Wildman–Crippen MR) is 80.1 cm³/mol. The second-order valence-electron chi connectivity index (χ2n) is 5.59. The van der Waals surface area contributed by atoms with Crippen molar-refractivity contribution in [1.82, 2.24) is 0 Å². The van der Waals surface area contributed by atoms with Gasteiger partial charge < -0.3 is 11.1 Å². The Morgan fingerprint density at radius 1 is 1.39 bits per heavy atom. The molecule has 0 aliphatic heterocycles. The first-order valence-electron chi connectivity index (χ1n) is 6.94. The van der Waals surface area contributed by atoms with Gasteiger partial charge in [0.05, 0.1) is 10.7 Å². The molecule has 0 heterocycles. The van der Waals surface area contributed by atoms with Crippen LogP contribution >= 0.6 is 11.6 Å². The van der Waals surface area contributed by atoms with Crippen LogP contribution in [0.25, 0.3) is 0 Å². The molecular weight excluding hydrogens is 244 g/mol. The number of halogens is 1. The van der Waals surface area contributed by atoms with Crippen molar-refractivity contribution in [2.45, 2.75) is 39.0 Å². The SMILES string of the molecule is CC1CCCC(CCNc2ccc(N)cc2Cl)C1. The van der Waals surface area contributed by atoms with Crippen molar-refractivity contribution < 1.29 is 0 Å². The Bertz CT molecular complexity index is 392. The highest BCUT2D eigenvalue weighted by Crippen LogP contribution is 2.31. The Morgan fingerprint density at radius 3 is 2.94 bits per heavy atom. The summed E-state index contributed by atoms with van der Waals surface area (Å²) in [5.74, 6) is 1.79. The third kappa shape index (κ3) is 3.81. The van der Waals surface area contributed by atoms with Gasteiger partial charge in [0.2, 0.25) is 0 Å². The molecule has 2 nitrogen and oxygen atoms in total. The zero-order valence-electron chi connectivity index (χ0n) is 11.1. The fraction of sp³-hybridized carbons (Fsp3) is 0.600. The zero-order valence-corrected chi connectivity index (χ0v) is 11.8. The lowest BCUT2D eigenvalue weighted by Crippen LogP contribution is -2.16. The first-order chi connectivity index (χ1) is 8.65. The minimum absolute atomic E-state index is 0.714. The second-order valence-corrected chi connectivity index (χ2v) is 6.00. The molecular formula is C15H23ClN2. The molecule has 0 amide bonds. The number of nitrogen functional groups attached to an aromatic ring is 1. The molecule has 0 saturated heterocycles. The maximum Gasteiger partial charge on any atom is 0.0657 e. The monoisotopic (exact) mass is 266 g/mol. The number of anilines is 2. The van der Waals surface area contributed by atoms with E-state index < -0.39 is 0 Å². The molecule has 1 saturated carbocycles. The number of hydrogen-bond acceptors (Lipinski definition) is 2. The Kier molecular flexibility index (Phi) is 4.76. The molecule has 1 aromatic carbocycles. The third-order valence-corrected chi connectivity index (χ3v) is 4.22. The highest BCUT2D eigenvalue weighted by molar-refractivity contribution is 6.33. The van der Waals surface area contributed by atoms with Crippen LogP contribution in [0.1, 0.15) is 39.0 Å². The van der Waals surface area contributed by atoms with Crippen molar-refractivity contribution in [3.63, 3.8) is 0 Å². The number of hydrogen-bond donors (Lipinski definition) is 2. The fourth-order valence-corrected chi connectivity index (χ4v) is 3.16. The van der Waals surface area contributed by atoms with Crippen LogP contribution in [0.15, 0.2) is 18.2 Å². The molecule has 0 spiro atoms. The highest BCUT2D eigenvalue weighted by Gasteiger charge is 2.18. The molecule has 3 heteroatoms. The van der Waals surface area contributed by atoms with Crippen LogP contribution in [0, 0.1) is 11.8 Å². The van der Waals surface area contributed by atoms with Crippen LogP contribution in [0.5, 0.6) is 0 Å². The minimum Gasteiger partial charge on any atom is -0.399 e. The summed E-state index contributed by atoms with van der Waals surface area (Å²) in [6.07, 6.45) is 6.83. The Balaban J connectivity index is 1.77. The Morgan fingerprint density at radius 2 is 2.22 bits per heavy atom. The van der Waals surface area contributed by atoms with Crippen LogP contribution in [0.2, 0.25) is 5.02 Å². The first-order valence-corrected chi connectivity index (χ1v) is 7.32. The summed E-state index contributed by atoms with van der Waals surface area (Å²) in [5, 5.41) is 4.13. The van der Waals surface area contributed by atoms with E-state index in [1.807, 2.05) is 12.1 Å². The van der Waals surface area contributed by atoms with Crippen LogP contribution in [0.3, 0.4) is 0 Å². The average molecular weight is 267 g/mol. The standard InChI is InChI=1S/C15H23ClN2/c1-11-3-2-4-12(9-11)7-8-18-15-6-5-13(17)10-14(15)16/h5-6,10-12,18H,2-4,7-9,17H2,1H3. The molecule has 2 unspecified atom stereocenters. The molecule has 3 N–H and O–H groups in total. The van der Waals surface area contributed by atoms with Gasteiger partial charge in [-0.1, -0.05) is 37.8 Å². The summed E-state index contributed by atoms with van der Waals surface area (Å²) in [6.45, 7) is 3.37. The average Bonchev–Trinajstić information content (AvgIpc) is 2.32. The Hall–Kier alpha value is -0.890. The van der Waals surface area contributed by atoms with Crippen LogP contribution in [0.4, 0.5) is 11.4 Å². The summed E-state index contributed by atoms with van der Waals surface area (Å²) in [6, 6.07) is 5.64. The first kappa shape index (κ1) is 13.5. The molecule has 1 aliphatic carbocycles.